The molecule has 1 aromatic heterocycles. The molecule has 0 radical (unpaired) electrons. The summed E-state index contributed by atoms with van der Waals surface area (Å²) in [6.07, 6.45) is -0.631. The molecular weight excluding hydrogens is 361 g/mol. The predicted molar refractivity (Wildman–Crippen MR) is 99.8 cm³/mol. The monoisotopic (exact) mass is 371 g/mol. The highest BCUT2D eigenvalue weighted by Crippen LogP contribution is 2.31. The third-order valence-corrected chi connectivity index (χ3v) is 4.47. The van der Waals surface area contributed by atoms with Crippen molar-refractivity contribution in [3.63, 3.8) is 0 Å². The van der Waals surface area contributed by atoms with Crippen molar-refractivity contribution < 1.29 is 13.9 Å². The summed E-state index contributed by atoms with van der Waals surface area (Å²) >= 11 is 11.8. The van der Waals surface area contributed by atoms with Crippen LogP contribution in [0.4, 0.5) is 10.5 Å². The summed E-state index contributed by atoms with van der Waals surface area (Å²) in [4.78, 5) is 12.0. The van der Waals surface area contributed by atoms with Crippen LogP contribution < -0.4 is 10.1 Å². The van der Waals surface area contributed by atoms with E-state index in [1.807, 2.05) is 30.3 Å². The molecule has 0 atom stereocenters. The van der Waals surface area contributed by atoms with Gasteiger partial charge in [-0.1, -0.05) is 41.4 Å². The third-order valence-electron chi connectivity index (χ3n) is 3.73. The second kappa shape index (κ2) is 6.31. The number of ether oxygens (including phenoxy) is 1. The average molecular weight is 372 g/mol. The number of carbonyl (C=O) groups excluding carboxylic acids is 1. The normalized spacial score (nSPS) is 11.0. The third kappa shape index (κ3) is 3.14. The zero-order valence-corrected chi connectivity index (χ0v) is 14.3. The minimum absolute atomic E-state index is 0.350. The highest BCUT2D eigenvalue weighted by atomic mass is 35.5. The van der Waals surface area contributed by atoms with E-state index in [1.54, 1.807) is 30.3 Å². The molecule has 124 valence electrons. The fourth-order valence-electron chi connectivity index (χ4n) is 2.59. The van der Waals surface area contributed by atoms with Crippen LogP contribution in [0.2, 0.25) is 10.0 Å². The largest absolute Gasteiger partial charge is 0.456 e. The molecule has 25 heavy (non-hydrogen) atoms. The van der Waals surface area contributed by atoms with Crippen molar-refractivity contribution in [3.8, 4) is 5.75 Å². The smallest absolute Gasteiger partial charge is 0.417 e. The quantitative estimate of drug-likeness (QED) is 0.437. The van der Waals surface area contributed by atoms with Crippen LogP contribution in [0.25, 0.3) is 21.9 Å². The number of para-hydroxylation sites is 1. The highest BCUT2D eigenvalue weighted by molar-refractivity contribution is 6.42. The summed E-state index contributed by atoms with van der Waals surface area (Å²) in [5.41, 5.74) is 1.93. The number of halogens is 2. The molecule has 6 heteroatoms. The van der Waals surface area contributed by atoms with Gasteiger partial charge in [-0.05, 0) is 36.4 Å². The van der Waals surface area contributed by atoms with Gasteiger partial charge in [-0.3, -0.25) is 5.32 Å². The second-order valence-corrected chi connectivity index (χ2v) is 6.21. The van der Waals surface area contributed by atoms with Crippen LogP contribution in [-0.2, 0) is 0 Å². The first kappa shape index (κ1) is 15.8. The lowest BCUT2D eigenvalue weighted by atomic mass is 10.1. The number of carbonyl (C=O) groups is 1. The van der Waals surface area contributed by atoms with Crippen molar-refractivity contribution in [2.24, 2.45) is 0 Å². The summed E-state index contributed by atoms with van der Waals surface area (Å²) in [6.45, 7) is 0. The highest BCUT2D eigenvalue weighted by Gasteiger charge is 2.10. The van der Waals surface area contributed by atoms with Crippen molar-refractivity contribution >= 4 is 56.9 Å². The van der Waals surface area contributed by atoms with Gasteiger partial charge in [0.2, 0.25) is 0 Å². The molecule has 0 aliphatic rings. The Morgan fingerprint density at radius 3 is 2.52 bits per heavy atom. The van der Waals surface area contributed by atoms with E-state index in [4.69, 9.17) is 32.4 Å². The maximum Gasteiger partial charge on any atom is 0.417 e. The van der Waals surface area contributed by atoms with Crippen molar-refractivity contribution in [3.05, 3.63) is 70.7 Å². The summed E-state index contributed by atoms with van der Waals surface area (Å²) in [5, 5.41) is 5.34. The average Bonchev–Trinajstić information content (AvgIpc) is 2.96. The van der Waals surface area contributed by atoms with Crippen LogP contribution in [0.3, 0.4) is 0 Å². The van der Waals surface area contributed by atoms with E-state index >= 15 is 0 Å². The molecule has 0 fully saturated rings. The van der Waals surface area contributed by atoms with Gasteiger partial charge < -0.3 is 9.15 Å². The first-order chi connectivity index (χ1) is 12.1. The van der Waals surface area contributed by atoms with Crippen LogP contribution in [0.5, 0.6) is 5.75 Å². The van der Waals surface area contributed by atoms with Gasteiger partial charge in [0, 0.05) is 22.5 Å². The molecule has 0 saturated heterocycles. The number of anilines is 1. The lowest BCUT2D eigenvalue weighted by molar-refractivity contribution is 0.215. The molecule has 1 N–H and O–H groups in total. The molecule has 0 aliphatic heterocycles. The van der Waals surface area contributed by atoms with Crippen LogP contribution in [0.1, 0.15) is 0 Å². The van der Waals surface area contributed by atoms with Crippen LogP contribution in [0, 0.1) is 0 Å². The van der Waals surface area contributed by atoms with Gasteiger partial charge in [0.05, 0.1) is 10.0 Å². The lowest BCUT2D eigenvalue weighted by Crippen LogP contribution is -2.16. The van der Waals surface area contributed by atoms with Crippen LogP contribution in [0.15, 0.2) is 65.1 Å². The van der Waals surface area contributed by atoms with E-state index in [-0.39, 0.29) is 0 Å². The van der Waals surface area contributed by atoms with E-state index < -0.39 is 6.09 Å². The fraction of sp³-hybridized carbons (Fsp3) is 0. The SMILES string of the molecule is O=C(Nc1ccc(Cl)c(Cl)c1)Oc1ccc2c(c1)oc1ccccc12. The summed E-state index contributed by atoms with van der Waals surface area (Å²) < 4.78 is 11.1. The predicted octanol–water partition coefficient (Wildman–Crippen LogP) is 6.50. The van der Waals surface area contributed by atoms with Crippen molar-refractivity contribution in [1.29, 1.82) is 0 Å². The number of fused-ring (bicyclic) bond motifs is 3. The fourth-order valence-corrected chi connectivity index (χ4v) is 2.89. The Balaban J connectivity index is 1.56. The van der Waals surface area contributed by atoms with Gasteiger partial charge in [0.25, 0.3) is 0 Å². The van der Waals surface area contributed by atoms with Crippen LogP contribution >= 0.6 is 23.2 Å². The molecule has 1 heterocycles. The van der Waals surface area contributed by atoms with E-state index in [0.717, 1.165) is 16.4 Å². The molecule has 0 aliphatic carbocycles. The molecule has 4 rings (SSSR count). The molecular formula is C19H11Cl2NO3. The topological polar surface area (TPSA) is 51.5 Å². The number of furan rings is 1. The second-order valence-electron chi connectivity index (χ2n) is 5.40. The van der Waals surface area contributed by atoms with E-state index in [9.17, 15) is 4.79 Å². The Labute approximate surface area is 152 Å². The Bertz CT molecular complexity index is 1100. The van der Waals surface area contributed by atoms with Crippen molar-refractivity contribution in [2.45, 2.75) is 0 Å². The molecule has 4 nitrogen and oxygen atoms in total. The maximum atomic E-state index is 12.0. The maximum absolute atomic E-state index is 12.0. The Morgan fingerprint density at radius 1 is 0.880 bits per heavy atom. The molecule has 1 amide bonds. The molecule has 0 saturated carbocycles. The first-order valence-electron chi connectivity index (χ1n) is 7.45. The Morgan fingerprint density at radius 2 is 1.68 bits per heavy atom. The molecule has 0 bridgehead atoms. The lowest BCUT2D eigenvalue weighted by Gasteiger charge is -2.07. The first-order valence-corrected chi connectivity index (χ1v) is 8.21. The number of amides is 1. The van der Waals surface area contributed by atoms with Gasteiger partial charge >= 0.3 is 6.09 Å². The van der Waals surface area contributed by atoms with Gasteiger partial charge in [-0.15, -0.1) is 0 Å². The minimum Gasteiger partial charge on any atom is -0.456 e. The number of hydrogen-bond donors (Lipinski definition) is 1. The van der Waals surface area contributed by atoms with E-state index in [2.05, 4.69) is 5.32 Å². The van der Waals surface area contributed by atoms with Gasteiger partial charge in [-0.25, -0.2) is 4.79 Å². The number of rotatable bonds is 2. The number of benzene rings is 3. The molecule has 3 aromatic carbocycles. The molecule has 0 unspecified atom stereocenters. The van der Waals surface area contributed by atoms with E-state index in [1.165, 1.54) is 0 Å². The summed E-state index contributed by atoms with van der Waals surface area (Å²) in [5.74, 6) is 0.379. The number of hydrogen-bond acceptors (Lipinski definition) is 3. The van der Waals surface area contributed by atoms with Crippen molar-refractivity contribution in [1.82, 2.24) is 0 Å². The standard InChI is InChI=1S/C19H11Cl2NO3/c20-15-8-5-11(9-16(15)21)22-19(23)24-12-6-7-14-13-3-1-2-4-17(13)25-18(14)10-12/h1-10H,(H,22,23). The zero-order valence-electron chi connectivity index (χ0n) is 12.8. The van der Waals surface area contributed by atoms with Crippen LogP contribution in [-0.4, -0.2) is 6.09 Å². The van der Waals surface area contributed by atoms with Crippen molar-refractivity contribution in [2.75, 3.05) is 5.32 Å². The molecule has 4 aromatic rings. The summed E-state index contributed by atoms with van der Waals surface area (Å²) in [6, 6.07) is 17.8. The van der Waals surface area contributed by atoms with Gasteiger partial charge in [0.15, 0.2) is 0 Å². The van der Waals surface area contributed by atoms with Gasteiger partial charge in [-0.2, -0.15) is 0 Å². The Hall–Kier alpha value is -2.69. The summed E-state index contributed by atoms with van der Waals surface area (Å²) in [7, 11) is 0. The van der Waals surface area contributed by atoms with E-state index in [0.29, 0.717) is 27.1 Å². The number of nitrogens with one attached hydrogen (secondary N) is 1. The minimum atomic E-state index is -0.631. The van der Waals surface area contributed by atoms with Gasteiger partial charge in [0.1, 0.15) is 16.9 Å². The zero-order chi connectivity index (χ0) is 17.4. The molecule has 0 spiro atoms. The Kier molecular flexibility index (Phi) is 3.99.